The lowest BCUT2D eigenvalue weighted by molar-refractivity contribution is -0.133. The minimum absolute atomic E-state index is 0.266. The number of methoxy groups -OCH3 is 1. The molecule has 1 fully saturated rings. The Hall–Kier alpha value is -3.44. The Morgan fingerprint density at radius 3 is 2.49 bits per heavy atom. The number of hydrogen-bond donors (Lipinski definition) is 0. The van der Waals surface area contributed by atoms with Crippen LogP contribution in [0.1, 0.15) is 55.5 Å². The van der Waals surface area contributed by atoms with Gasteiger partial charge in [0.1, 0.15) is 5.82 Å². The predicted octanol–water partition coefficient (Wildman–Crippen LogP) is 7.02. The fraction of sp³-hybridized carbons (Fsp3) is 0.412. The molecule has 0 saturated carbocycles. The number of benzene rings is 3. The molecule has 0 aliphatic carbocycles. The molecule has 5 nitrogen and oxygen atoms in total. The number of imidazole rings is 1. The van der Waals surface area contributed by atoms with Gasteiger partial charge in [-0.2, -0.15) is 0 Å². The Labute approximate surface area is 232 Å². The molecule has 1 aromatic heterocycles. The Morgan fingerprint density at radius 2 is 1.74 bits per heavy atom. The van der Waals surface area contributed by atoms with Gasteiger partial charge in [0.05, 0.1) is 11.0 Å². The molecular formula is C34H41N3O2. The quantitative estimate of drug-likeness (QED) is 0.210. The van der Waals surface area contributed by atoms with Crippen LogP contribution >= 0.6 is 0 Å². The highest BCUT2D eigenvalue weighted by atomic mass is 16.5. The van der Waals surface area contributed by atoms with Crippen LogP contribution in [0.5, 0.6) is 0 Å². The van der Waals surface area contributed by atoms with Gasteiger partial charge in [0.2, 0.25) is 5.91 Å². The molecule has 3 aromatic carbocycles. The Kier molecular flexibility index (Phi) is 8.77. The summed E-state index contributed by atoms with van der Waals surface area (Å²) in [6, 6.07) is 25.8. The number of likely N-dealkylation sites (tertiary alicyclic amines) is 1. The average molecular weight is 524 g/mol. The van der Waals surface area contributed by atoms with Crippen molar-refractivity contribution in [1.29, 1.82) is 0 Å². The average Bonchev–Trinajstić information content (AvgIpc) is 3.33. The highest BCUT2D eigenvalue weighted by Gasteiger charge is 2.29. The van der Waals surface area contributed by atoms with Crippen molar-refractivity contribution in [2.24, 2.45) is 5.92 Å². The monoisotopic (exact) mass is 523 g/mol. The predicted molar refractivity (Wildman–Crippen MR) is 159 cm³/mol. The molecule has 0 radical (unpaired) electrons. The third-order valence-electron chi connectivity index (χ3n) is 8.00. The molecule has 0 bridgehead atoms. The second-order valence-corrected chi connectivity index (χ2v) is 11.2. The summed E-state index contributed by atoms with van der Waals surface area (Å²) < 4.78 is 7.67. The number of rotatable bonds is 10. The summed E-state index contributed by atoms with van der Waals surface area (Å²) in [6.07, 6.45) is 4.53. The molecule has 1 amide bonds. The van der Waals surface area contributed by atoms with Gasteiger partial charge in [-0.3, -0.25) is 4.79 Å². The van der Waals surface area contributed by atoms with Crippen LogP contribution in [0.2, 0.25) is 0 Å². The lowest BCUT2D eigenvalue weighted by Crippen LogP contribution is -2.40. The first-order chi connectivity index (χ1) is 19.0. The molecule has 4 aromatic rings. The van der Waals surface area contributed by atoms with Crippen molar-refractivity contribution in [2.75, 3.05) is 26.8 Å². The number of piperidine rings is 1. The van der Waals surface area contributed by atoms with Gasteiger partial charge in [0.25, 0.3) is 0 Å². The number of aryl methyl sites for hydroxylation is 2. The van der Waals surface area contributed by atoms with Crippen molar-refractivity contribution < 1.29 is 9.53 Å². The summed E-state index contributed by atoms with van der Waals surface area (Å²) in [7, 11) is 1.75. The molecule has 1 saturated heterocycles. The Balaban J connectivity index is 1.21. The van der Waals surface area contributed by atoms with Crippen LogP contribution in [0, 0.1) is 12.8 Å². The van der Waals surface area contributed by atoms with Gasteiger partial charge < -0.3 is 14.2 Å². The minimum Gasteiger partial charge on any atom is -0.385 e. The second-order valence-electron chi connectivity index (χ2n) is 11.2. The number of para-hydroxylation sites is 2. The van der Waals surface area contributed by atoms with Crippen LogP contribution < -0.4 is 0 Å². The van der Waals surface area contributed by atoms with Crippen LogP contribution in [0.4, 0.5) is 0 Å². The summed E-state index contributed by atoms with van der Waals surface area (Å²) >= 11 is 0. The number of amides is 1. The van der Waals surface area contributed by atoms with Crippen molar-refractivity contribution in [1.82, 2.24) is 14.5 Å². The van der Waals surface area contributed by atoms with E-state index in [-0.39, 0.29) is 11.8 Å². The normalized spacial score (nSPS) is 16.5. The zero-order valence-electron chi connectivity index (χ0n) is 23.6. The number of ether oxygens (including phenoxy) is 1. The highest BCUT2D eigenvalue weighted by Crippen LogP contribution is 2.30. The minimum atomic E-state index is 0.266. The molecule has 2 heterocycles. The van der Waals surface area contributed by atoms with Crippen molar-refractivity contribution in [3.05, 3.63) is 89.7 Å². The van der Waals surface area contributed by atoms with Crippen LogP contribution in [0.15, 0.2) is 72.8 Å². The van der Waals surface area contributed by atoms with Gasteiger partial charge in [-0.05, 0) is 67.3 Å². The van der Waals surface area contributed by atoms with Crippen LogP contribution in [0.25, 0.3) is 22.2 Å². The molecular weight excluding hydrogens is 482 g/mol. The van der Waals surface area contributed by atoms with Crippen LogP contribution in [0.3, 0.4) is 0 Å². The molecule has 5 rings (SSSR count). The summed E-state index contributed by atoms with van der Waals surface area (Å²) in [5, 5.41) is 0. The zero-order valence-corrected chi connectivity index (χ0v) is 23.6. The van der Waals surface area contributed by atoms with E-state index in [2.05, 4.69) is 90.0 Å². The number of carbonyl (C=O) groups excluding carboxylic acids is 1. The van der Waals surface area contributed by atoms with Gasteiger partial charge in [-0.1, -0.05) is 73.2 Å². The maximum absolute atomic E-state index is 13.4. The summed E-state index contributed by atoms with van der Waals surface area (Å²) in [5.41, 5.74) is 7.24. The number of fused-ring (bicyclic) bond motifs is 1. The third-order valence-corrected chi connectivity index (χ3v) is 8.00. The van der Waals surface area contributed by atoms with Crippen molar-refractivity contribution in [3.8, 4) is 11.1 Å². The molecule has 39 heavy (non-hydrogen) atoms. The smallest absolute Gasteiger partial charge is 0.222 e. The lowest BCUT2D eigenvalue weighted by atomic mass is 9.93. The van der Waals surface area contributed by atoms with Gasteiger partial charge in [0.15, 0.2) is 0 Å². The topological polar surface area (TPSA) is 47.4 Å². The standard InChI is InChI=1S/C34H41N3O2/c1-25-11-15-28(16-12-25)29-17-13-27(14-18-29)22-26(2)23-33(38)36-19-6-8-30(24-36)34-35-31-9-4-5-10-32(31)37(34)20-7-21-39-3/h4-5,9-18,26,30H,6-8,19-24H2,1-3H3/t26-,30-/m1/s1. The van der Waals surface area contributed by atoms with Crippen molar-refractivity contribution in [3.63, 3.8) is 0 Å². The molecule has 204 valence electrons. The number of hydrogen-bond acceptors (Lipinski definition) is 3. The molecule has 0 spiro atoms. The van der Waals surface area contributed by atoms with Gasteiger partial charge in [-0.25, -0.2) is 4.98 Å². The van der Waals surface area contributed by atoms with Crippen molar-refractivity contribution >= 4 is 16.9 Å². The third kappa shape index (κ3) is 6.59. The summed E-state index contributed by atoms with van der Waals surface area (Å²) in [5.74, 6) is 1.95. The second kappa shape index (κ2) is 12.6. The maximum Gasteiger partial charge on any atom is 0.222 e. The number of nitrogens with zero attached hydrogens (tertiary/aromatic N) is 3. The maximum atomic E-state index is 13.4. The molecule has 1 aliphatic rings. The fourth-order valence-corrected chi connectivity index (χ4v) is 5.90. The molecule has 0 unspecified atom stereocenters. The summed E-state index contributed by atoms with van der Waals surface area (Å²) in [6.45, 7) is 7.52. The first kappa shape index (κ1) is 27.1. The van der Waals surface area contributed by atoms with Crippen LogP contribution in [-0.4, -0.2) is 47.2 Å². The SMILES string of the molecule is COCCCn1c([C@@H]2CCCN(C(=O)C[C@H](C)Cc3ccc(-c4ccc(C)cc4)cc3)C2)nc2ccccc21. The largest absolute Gasteiger partial charge is 0.385 e. The molecule has 5 heteroatoms. The zero-order chi connectivity index (χ0) is 27.2. The highest BCUT2D eigenvalue weighted by molar-refractivity contribution is 5.77. The molecule has 1 aliphatic heterocycles. The fourth-order valence-electron chi connectivity index (χ4n) is 5.90. The number of aromatic nitrogens is 2. The first-order valence-electron chi connectivity index (χ1n) is 14.4. The lowest BCUT2D eigenvalue weighted by Gasteiger charge is -2.33. The Morgan fingerprint density at radius 1 is 1.03 bits per heavy atom. The van der Waals surface area contributed by atoms with E-state index in [0.29, 0.717) is 12.3 Å². The van der Waals surface area contributed by atoms with E-state index in [1.54, 1.807) is 7.11 Å². The van der Waals surface area contributed by atoms with Crippen molar-refractivity contribution in [2.45, 2.75) is 58.4 Å². The van der Waals surface area contributed by atoms with E-state index < -0.39 is 0 Å². The Bertz CT molecular complexity index is 1370. The van der Waals surface area contributed by atoms with Gasteiger partial charge >= 0.3 is 0 Å². The van der Waals surface area contributed by atoms with E-state index in [9.17, 15) is 4.79 Å². The van der Waals surface area contributed by atoms with E-state index in [4.69, 9.17) is 9.72 Å². The van der Waals surface area contributed by atoms with E-state index in [1.807, 2.05) is 6.07 Å². The molecule has 0 N–H and O–H groups in total. The van der Waals surface area contributed by atoms with Gasteiger partial charge in [0, 0.05) is 45.7 Å². The molecule has 2 atom stereocenters. The van der Waals surface area contributed by atoms with E-state index >= 15 is 0 Å². The first-order valence-corrected chi connectivity index (χ1v) is 14.4. The van der Waals surface area contributed by atoms with Gasteiger partial charge in [-0.15, -0.1) is 0 Å². The van der Waals surface area contributed by atoms with Crippen LogP contribution in [-0.2, 0) is 22.5 Å². The number of carbonyl (C=O) groups is 1. The van der Waals surface area contributed by atoms with E-state index in [1.165, 1.54) is 27.8 Å². The van der Waals surface area contributed by atoms with E-state index in [0.717, 1.165) is 63.3 Å². The summed E-state index contributed by atoms with van der Waals surface area (Å²) in [4.78, 5) is 20.5.